The fourth-order valence-corrected chi connectivity index (χ4v) is 4.81. The van der Waals surface area contributed by atoms with Crippen LogP contribution in [0.2, 0.25) is 0 Å². The molecule has 0 amide bonds. The molecule has 1 saturated heterocycles. The van der Waals surface area contributed by atoms with Crippen molar-refractivity contribution in [1.29, 1.82) is 0 Å². The first-order valence-electron chi connectivity index (χ1n) is 9.95. The second-order valence-electron chi connectivity index (χ2n) is 7.34. The quantitative estimate of drug-likeness (QED) is 0.602. The zero-order chi connectivity index (χ0) is 21.8. The molecule has 1 aliphatic heterocycles. The Kier molecular flexibility index (Phi) is 6.35. The molecule has 3 aromatic rings. The summed E-state index contributed by atoms with van der Waals surface area (Å²) in [6.07, 6.45) is 1.55. The lowest BCUT2D eigenvalue weighted by atomic mass is 10.1. The number of hydrogen-bond acceptors (Lipinski definition) is 5. The minimum Gasteiger partial charge on any atom is -0.468 e. The summed E-state index contributed by atoms with van der Waals surface area (Å²) >= 11 is 0. The number of nitrogens with zero attached hydrogens (tertiary/aromatic N) is 2. The largest absolute Gasteiger partial charge is 0.468 e. The van der Waals surface area contributed by atoms with Crippen molar-refractivity contribution in [3.8, 4) is 0 Å². The average molecular weight is 448 g/mol. The molecule has 0 spiro atoms. The lowest BCUT2D eigenvalue weighted by Gasteiger charge is -2.39. The van der Waals surface area contributed by atoms with Crippen LogP contribution in [0.3, 0.4) is 0 Å². The molecule has 1 N–H and O–H groups in total. The van der Waals surface area contributed by atoms with Crippen molar-refractivity contribution in [2.45, 2.75) is 10.9 Å². The molecule has 4 rings (SSSR count). The van der Waals surface area contributed by atoms with Gasteiger partial charge in [0.25, 0.3) is 0 Å². The summed E-state index contributed by atoms with van der Waals surface area (Å²) in [4.78, 5) is 4.19. The van der Waals surface area contributed by atoms with Crippen molar-refractivity contribution in [2.24, 2.45) is 0 Å². The maximum absolute atomic E-state index is 13.5. The van der Waals surface area contributed by atoms with Gasteiger partial charge in [0.1, 0.15) is 17.4 Å². The fourth-order valence-electron chi connectivity index (χ4n) is 3.74. The third-order valence-electron chi connectivity index (χ3n) is 5.39. The molecule has 2 aromatic carbocycles. The third-order valence-corrected chi connectivity index (χ3v) is 6.81. The summed E-state index contributed by atoms with van der Waals surface area (Å²) in [7, 11) is -3.87. The zero-order valence-electron chi connectivity index (χ0n) is 16.7. The SMILES string of the molecule is O=S(=O)(NCC(c1ccco1)N1CCN(c2ccc(F)cc2)CC1)c1cccc(F)c1. The molecule has 0 saturated carbocycles. The number of halogens is 2. The van der Waals surface area contributed by atoms with Gasteiger partial charge in [-0.1, -0.05) is 6.07 Å². The van der Waals surface area contributed by atoms with Gasteiger partial charge in [-0.05, 0) is 54.6 Å². The van der Waals surface area contributed by atoms with E-state index in [2.05, 4.69) is 14.5 Å². The average Bonchev–Trinajstić information content (AvgIpc) is 3.29. The summed E-state index contributed by atoms with van der Waals surface area (Å²) < 4.78 is 60.1. The molecule has 0 aliphatic carbocycles. The predicted molar refractivity (Wildman–Crippen MR) is 113 cm³/mol. The molecule has 2 heterocycles. The van der Waals surface area contributed by atoms with Crippen LogP contribution in [-0.4, -0.2) is 46.0 Å². The number of benzene rings is 2. The lowest BCUT2D eigenvalue weighted by Crippen LogP contribution is -2.49. The van der Waals surface area contributed by atoms with Gasteiger partial charge in [-0.2, -0.15) is 0 Å². The van der Waals surface area contributed by atoms with Gasteiger partial charge in [0.15, 0.2) is 0 Å². The maximum atomic E-state index is 13.5. The smallest absolute Gasteiger partial charge is 0.240 e. The van der Waals surface area contributed by atoms with Crippen LogP contribution in [0, 0.1) is 11.6 Å². The van der Waals surface area contributed by atoms with Crippen molar-refractivity contribution in [2.75, 3.05) is 37.6 Å². The normalized spacial score (nSPS) is 16.4. The Morgan fingerprint density at radius 2 is 1.68 bits per heavy atom. The highest BCUT2D eigenvalue weighted by atomic mass is 32.2. The molecule has 1 atom stereocenters. The number of rotatable bonds is 7. The molecular weight excluding hydrogens is 424 g/mol. The van der Waals surface area contributed by atoms with Crippen LogP contribution in [0.1, 0.15) is 11.8 Å². The van der Waals surface area contributed by atoms with Crippen molar-refractivity contribution < 1.29 is 21.6 Å². The Bertz CT molecular complexity index is 1100. The second-order valence-corrected chi connectivity index (χ2v) is 9.11. The van der Waals surface area contributed by atoms with Gasteiger partial charge in [-0.25, -0.2) is 21.9 Å². The van der Waals surface area contributed by atoms with Gasteiger partial charge in [-0.15, -0.1) is 0 Å². The molecular formula is C22H23F2N3O3S. The van der Waals surface area contributed by atoms with Crippen LogP contribution in [0.5, 0.6) is 0 Å². The zero-order valence-corrected chi connectivity index (χ0v) is 17.6. The highest BCUT2D eigenvalue weighted by Crippen LogP contribution is 2.25. The van der Waals surface area contributed by atoms with Crippen LogP contribution < -0.4 is 9.62 Å². The first-order chi connectivity index (χ1) is 14.9. The van der Waals surface area contributed by atoms with Gasteiger partial charge in [0.2, 0.25) is 10.0 Å². The number of nitrogens with one attached hydrogen (secondary N) is 1. The Morgan fingerprint density at radius 3 is 2.32 bits per heavy atom. The highest BCUT2D eigenvalue weighted by molar-refractivity contribution is 7.89. The van der Waals surface area contributed by atoms with E-state index >= 15 is 0 Å². The van der Waals surface area contributed by atoms with Gasteiger partial charge in [0.05, 0.1) is 17.2 Å². The third kappa shape index (κ3) is 5.12. The number of piperazine rings is 1. The summed E-state index contributed by atoms with van der Waals surface area (Å²) in [5, 5.41) is 0. The van der Waals surface area contributed by atoms with Gasteiger partial charge in [-0.3, -0.25) is 4.90 Å². The van der Waals surface area contributed by atoms with Crippen LogP contribution >= 0.6 is 0 Å². The summed E-state index contributed by atoms with van der Waals surface area (Å²) in [6, 6.07) is 14.6. The van der Waals surface area contributed by atoms with E-state index in [9.17, 15) is 17.2 Å². The number of anilines is 1. The molecule has 0 bridgehead atoms. The van der Waals surface area contributed by atoms with E-state index in [0.29, 0.717) is 31.9 Å². The van der Waals surface area contributed by atoms with E-state index in [1.54, 1.807) is 24.5 Å². The van der Waals surface area contributed by atoms with E-state index < -0.39 is 15.8 Å². The van der Waals surface area contributed by atoms with Gasteiger partial charge < -0.3 is 9.32 Å². The predicted octanol–water partition coefficient (Wildman–Crippen LogP) is 3.40. The minimum atomic E-state index is -3.87. The molecule has 1 aromatic heterocycles. The van der Waals surface area contributed by atoms with Crippen LogP contribution in [-0.2, 0) is 10.0 Å². The van der Waals surface area contributed by atoms with Crippen molar-refractivity contribution in [1.82, 2.24) is 9.62 Å². The molecule has 164 valence electrons. The van der Waals surface area contributed by atoms with E-state index in [1.165, 1.54) is 30.3 Å². The molecule has 0 radical (unpaired) electrons. The van der Waals surface area contributed by atoms with Gasteiger partial charge in [0, 0.05) is 38.4 Å². The monoisotopic (exact) mass is 447 g/mol. The van der Waals surface area contributed by atoms with Crippen molar-refractivity contribution in [3.63, 3.8) is 0 Å². The minimum absolute atomic E-state index is 0.0862. The van der Waals surface area contributed by atoms with Crippen LogP contribution in [0.15, 0.2) is 76.2 Å². The molecule has 1 aliphatic rings. The van der Waals surface area contributed by atoms with Crippen LogP contribution in [0.25, 0.3) is 0 Å². The Hall–Kier alpha value is -2.75. The summed E-state index contributed by atoms with van der Waals surface area (Å²) in [5.41, 5.74) is 0.947. The summed E-state index contributed by atoms with van der Waals surface area (Å²) in [6.45, 7) is 2.84. The standard InChI is InChI=1S/C22H23F2N3O3S/c23-17-6-8-19(9-7-17)26-10-12-27(13-11-26)21(22-5-2-14-30-22)16-25-31(28,29)20-4-1-3-18(24)15-20/h1-9,14-15,21,25H,10-13,16H2. The molecule has 31 heavy (non-hydrogen) atoms. The molecule has 1 fully saturated rings. The Morgan fingerprint density at radius 1 is 0.935 bits per heavy atom. The van der Waals surface area contributed by atoms with E-state index in [1.807, 2.05) is 6.07 Å². The Balaban J connectivity index is 1.45. The van der Waals surface area contributed by atoms with Crippen LogP contribution in [0.4, 0.5) is 14.5 Å². The molecule has 6 nitrogen and oxygen atoms in total. The fraction of sp³-hybridized carbons (Fsp3) is 0.273. The number of furan rings is 1. The topological polar surface area (TPSA) is 65.8 Å². The maximum Gasteiger partial charge on any atom is 0.240 e. The Labute approximate surface area is 180 Å². The second kappa shape index (κ2) is 9.17. The first kappa shape index (κ1) is 21.5. The highest BCUT2D eigenvalue weighted by Gasteiger charge is 2.28. The lowest BCUT2D eigenvalue weighted by molar-refractivity contribution is 0.166. The van der Waals surface area contributed by atoms with E-state index in [0.717, 1.165) is 11.8 Å². The number of sulfonamides is 1. The molecule has 1 unspecified atom stereocenters. The molecule has 9 heteroatoms. The van der Waals surface area contributed by atoms with Crippen molar-refractivity contribution in [3.05, 3.63) is 84.3 Å². The van der Waals surface area contributed by atoms with Crippen molar-refractivity contribution >= 4 is 15.7 Å². The van der Waals surface area contributed by atoms with E-state index in [-0.39, 0.29) is 23.3 Å². The van der Waals surface area contributed by atoms with Gasteiger partial charge >= 0.3 is 0 Å². The first-order valence-corrected chi connectivity index (χ1v) is 11.4. The van der Waals surface area contributed by atoms with E-state index in [4.69, 9.17) is 4.42 Å². The number of hydrogen-bond donors (Lipinski definition) is 1. The summed E-state index contributed by atoms with van der Waals surface area (Å²) in [5.74, 6) is -0.231.